The van der Waals surface area contributed by atoms with Gasteiger partial charge in [-0.25, -0.2) is 0 Å². The van der Waals surface area contributed by atoms with Crippen LogP contribution >= 0.6 is 0 Å². The van der Waals surface area contributed by atoms with E-state index >= 15 is 0 Å². The minimum absolute atomic E-state index is 0.0237. The summed E-state index contributed by atoms with van der Waals surface area (Å²) in [6.07, 6.45) is 1.72. The molecule has 1 heterocycles. The molecule has 0 saturated carbocycles. The predicted molar refractivity (Wildman–Crippen MR) is 73.6 cm³/mol. The number of methoxy groups -OCH3 is 1. The van der Waals surface area contributed by atoms with E-state index in [0.717, 1.165) is 10.9 Å². The maximum absolute atomic E-state index is 11.9. The van der Waals surface area contributed by atoms with Gasteiger partial charge in [-0.2, -0.15) is 5.10 Å². The molecule has 0 bridgehead atoms. The second-order valence-corrected chi connectivity index (χ2v) is 4.54. The number of benzene rings is 1. The zero-order valence-electron chi connectivity index (χ0n) is 11.1. The molecule has 1 unspecified atom stereocenters. The number of hydrogen-bond acceptors (Lipinski definition) is 4. The number of amides is 1. The van der Waals surface area contributed by atoms with Crippen LogP contribution in [0, 0.1) is 0 Å². The van der Waals surface area contributed by atoms with Crippen molar-refractivity contribution in [3.63, 3.8) is 0 Å². The Bertz CT molecular complexity index is 579. The first-order chi connectivity index (χ1) is 9.10. The fraction of sp³-hybridized carbons (Fsp3) is 0.385. The lowest BCUT2D eigenvalue weighted by Gasteiger charge is -2.12. The van der Waals surface area contributed by atoms with Gasteiger partial charge in [0.2, 0.25) is 5.91 Å². The van der Waals surface area contributed by atoms with E-state index in [4.69, 9.17) is 10.5 Å². The lowest BCUT2D eigenvalue weighted by atomic mass is 10.2. The topological polar surface area (TPSA) is 82.2 Å². The lowest BCUT2D eigenvalue weighted by molar-refractivity contribution is -0.122. The molecule has 3 N–H and O–H groups in total. The summed E-state index contributed by atoms with van der Waals surface area (Å²) >= 11 is 0. The Morgan fingerprint density at radius 2 is 2.37 bits per heavy atom. The van der Waals surface area contributed by atoms with Crippen molar-refractivity contribution in [1.82, 2.24) is 15.1 Å². The third-order valence-corrected chi connectivity index (χ3v) is 2.79. The van der Waals surface area contributed by atoms with Crippen molar-refractivity contribution in [2.45, 2.75) is 19.5 Å². The van der Waals surface area contributed by atoms with Crippen molar-refractivity contribution in [1.29, 1.82) is 0 Å². The van der Waals surface area contributed by atoms with Crippen molar-refractivity contribution in [3.8, 4) is 0 Å². The lowest BCUT2D eigenvalue weighted by Crippen LogP contribution is -2.37. The Hall–Kier alpha value is -2.08. The molecule has 0 spiro atoms. The molecule has 19 heavy (non-hydrogen) atoms. The quantitative estimate of drug-likeness (QED) is 0.780. The summed E-state index contributed by atoms with van der Waals surface area (Å²) in [7, 11) is 1.60. The Kier molecular flexibility index (Phi) is 4.01. The summed E-state index contributed by atoms with van der Waals surface area (Å²) in [4.78, 5) is 11.9. The predicted octanol–water partition coefficient (Wildman–Crippen LogP) is 0.770. The summed E-state index contributed by atoms with van der Waals surface area (Å²) in [6.45, 7) is 2.54. The van der Waals surface area contributed by atoms with E-state index in [1.54, 1.807) is 18.0 Å². The molecule has 0 aliphatic heterocycles. The van der Waals surface area contributed by atoms with Gasteiger partial charge < -0.3 is 15.8 Å². The van der Waals surface area contributed by atoms with Crippen LogP contribution in [0.15, 0.2) is 24.4 Å². The third kappa shape index (κ3) is 3.23. The monoisotopic (exact) mass is 262 g/mol. The molecule has 0 aliphatic carbocycles. The maximum atomic E-state index is 11.9. The van der Waals surface area contributed by atoms with Crippen molar-refractivity contribution in [2.75, 3.05) is 19.5 Å². The number of nitrogens with zero attached hydrogens (tertiary/aromatic N) is 2. The Labute approximate surface area is 111 Å². The number of aromatic nitrogens is 2. The van der Waals surface area contributed by atoms with Crippen LogP contribution in [0.2, 0.25) is 0 Å². The number of nitrogen functional groups attached to an aromatic ring is 1. The van der Waals surface area contributed by atoms with Crippen LogP contribution in [0.3, 0.4) is 0 Å². The number of hydrogen-bond donors (Lipinski definition) is 2. The van der Waals surface area contributed by atoms with Crippen LogP contribution in [-0.2, 0) is 16.1 Å². The maximum Gasteiger partial charge on any atom is 0.242 e. The SMILES string of the molecule is COCC(C)NC(=O)Cn1ncc2ccc(N)cc21. The number of carbonyl (C=O) groups excluding carboxylic acids is 1. The molecular formula is C13H18N4O2. The van der Waals surface area contributed by atoms with Crippen molar-refractivity contribution < 1.29 is 9.53 Å². The highest BCUT2D eigenvalue weighted by Crippen LogP contribution is 2.16. The van der Waals surface area contributed by atoms with Gasteiger partial charge >= 0.3 is 0 Å². The van der Waals surface area contributed by atoms with Crippen LogP contribution < -0.4 is 11.1 Å². The molecule has 102 valence electrons. The van der Waals surface area contributed by atoms with Crippen molar-refractivity contribution in [3.05, 3.63) is 24.4 Å². The van der Waals surface area contributed by atoms with Gasteiger partial charge in [-0.15, -0.1) is 0 Å². The number of fused-ring (bicyclic) bond motifs is 1. The fourth-order valence-electron chi connectivity index (χ4n) is 1.96. The summed E-state index contributed by atoms with van der Waals surface area (Å²) in [5.74, 6) is -0.100. The molecule has 1 atom stereocenters. The fourth-order valence-corrected chi connectivity index (χ4v) is 1.96. The second-order valence-electron chi connectivity index (χ2n) is 4.54. The molecule has 0 aliphatic rings. The van der Waals surface area contributed by atoms with Gasteiger partial charge in [0.1, 0.15) is 6.54 Å². The highest BCUT2D eigenvalue weighted by Gasteiger charge is 2.10. The summed E-state index contributed by atoms with van der Waals surface area (Å²) in [5, 5.41) is 8.01. The largest absolute Gasteiger partial charge is 0.399 e. The van der Waals surface area contributed by atoms with E-state index in [2.05, 4.69) is 10.4 Å². The van der Waals surface area contributed by atoms with Crippen LogP contribution in [0.4, 0.5) is 5.69 Å². The second kappa shape index (κ2) is 5.71. The number of ether oxygens (including phenoxy) is 1. The van der Waals surface area contributed by atoms with Crippen LogP contribution in [0.1, 0.15) is 6.92 Å². The average molecular weight is 262 g/mol. The van der Waals surface area contributed by atoms with Gasteiger partial charge in [-0.1, -0.05) is 0 Å². The minimum Gasteiger partial charge on any atom is -0.399 e. The summed E-state index contributed by atoms with van der Waals surface area (Å²) < 4.78 is 6.61. The van der Waals surface area contributed by atoms with Gasteiger partial charge in [0.05, 0.1) is 18.3 Å². The highest BCUT2D eigenvalue weighted by molar-refractivity contribution is 5.84. The molecule has 0 radical (unpaired) electrons. The smallest absolute Gasteiger partial charge is 0.242 e. The number of nitrogens with one attached hydrogen (secondary N) is 1. The van der Waals surface area contributed by atoms with E-state index in [1.807, 2.05) is 25.1 Å². The molecule has 2 aromatic rings. The molecule has 1 amide bonds. The number of carbonyl (C=O) groups is 1. The summed E-state index contributed by atoms with van der Waals surface area (Å²) in [5.41, 5.74) is 7.26. The first-order valence-corrected chi connectivity index (χ1v) is 6.09. The van der Waals surface area contributed by atoms with Crippen molar-refractivity contribution >= 4 is 22.5 Å². The van der Waals surface area contributed by atoms with Gasteiger partial charge in [0, 0.05) is 24.2 Å². The van der Waals surface area contributed by atoms with E-state index in [0.29, 0.717) is 12.3 Å². The van der Waals surface area contributed by atoms with Gasteiger partial charge in [-0.05, 0) is 25.1 Å². The normalized spacial score (nSPS) is 12.5. The van der Waals surface area contributed by atoms with Crippen LogP contribution in [0.25, 0.3) is 10.9 Å². The average Bonchev–Trinajstić information content (AvgIpc) is 2.72. The number of rotatable bonds is 5. The Morgan fingerprint density at radius 3 is 3.11 bits per heavy atom. The molecule has 2 rings (SSSR count). The van der Waals surface area contributed by atoms with Crippen LogP contribution in [0.5, 0.6) is 0 Å². The first-order valence-electron chi connectivity index (χ1n) is 6.09. The van der Waals surface area contributed by atoms with Gasteiger partial charge in [0.15, 0.2) is 0 Å². The zero-order valence-corrected chi connectivity index (χ0v) is 11.1. The van der Waals surface area contributed by atoms with Gasteiger partial charge in [0.25, 0.3) is 0 Å². The molecular weight excluding hydrogens is 244 g/mol. The Morgan fingerprint density at radius 1 is 1.58 bits per heavy atom. The number of nitrogens with two attached hydrogens (primary N) is 1. The molecule has 6 nitrogen and oxygen atoms in total. The van der Waals surface area contributed by atoms with Crippen molar-refractivity contribution in [2.24, 2.45) is 0 Å². The Balaban J connectivity index is 2.08. The number of anilines is 1. The summed E-state index contributed by atoms with van der Waals surface area (Å²) in [6, 6.07) is 5.49. The van der Waals surface area contributed by atoms with E-state index in [-0.39, 0.29) is 18.5 Å². The van der Waals surface area contributed by atoms with E-state index < -0.39 is 0 Å². The van der Waals surface area contributed by atoms with E-state index in [9.17, 15) is 4.79 Å². The molecule has 0 saturated heterocycles. The van der Waals surface area contributed by atoms with E-state index in [1.165, 1.54) is 0 Å². The molecule has 1 aromatic heterocycles. The molecule has 6 heteroatoms. The van der Waals surface area contributed by atoms with Crippen LogP contribution in [-0.4, -0.2) is 35.4 Å². The minimum atomic E-state index is -0.100. The molecule has 1 aromatic carbocycles. The zero-order chi connectivity index (χ0) is 13.8. The standard InChI is InChI=1S/C13H18N4O2/c1-9(8-19-2)16-13(18)7-17-12-5-11(14)4-3-10(12)6-15-17/h3-6,9H,7-8,14H2,1-2H3,(H,16,18). The third-order valence-electron chi connectivity index (χ3n) is 2.79. The first kappa shape index (κ1) is 13.4. The van der Waals surface area contributed by atoms with Gasteiger partial charge in [-0.3, -0.25) is 9.48 Å². The molecule has 0 fully saturated rings. The highest BCUT2D eigenvalue weighted by atomic mass is 16.5.